The maximum absolute atomic E-state index is 12.8. The van der Waals surface area contributed by atoms with Crippen LogP contribution in [0, 0.1) is 0 Å². The van der Waals surface area contributed by atoms with Gasteiger partial charge in [-0.25, -0.2) is 0 Å². The minimum atomic E-state index is -4.40. The van der Waals surface area contributed by atoms with Gasteiger partial charge in [-0.15, -0.1) is 5.10 Å². The van der Waals surface area contributed by atoms with E-state index < -0.39 is 17.0 Å². The number of amides is 1. The molecule has 1 N–H and O–H groups in total. The van der Waals surface area contributed by atoms with E-state index in [0.717, 1.165) is 29.5 Å². The zero-order valence-electron chi connectivity index (χ0n) is 13.4. The Balaban J connectivity index is 1.65. The number of benzene rings is 2. The second-order valence-corrected chi connectivity index (χ2v) is 6.75. The van der Waals surface area contributed by atoms with Crippen LogP contribution in [0.25, 0.3) is 0 Å². The van der Waals surface area contributed by atoms with Crippen molar-refractivity contribution < 1.29 is 18.0 Å². The second-order valence-electron chi connectivity index (χ2n) is 5.56. The van der Waals surface area contributed by atoms with E-state index in [-0.39, 0.29) is 12.3 Å². The summed E-state index contributed by atoms with van der Waals surface area (Å²) in [6, 6.07) is 14.3. The SMILES string of the molecule is O=C1NC(=NN=Cc2ccccc2)SC1Cc1cccc(C(F)(F)F)c1. The van der Waals surface area contributed by atoms with Gasteiger partial charge in [-0.2, -0.15) is 18.3 Å². The molecule has 0 aliphatic carbocycles. The van der Waals surface area contributed by atoms with Gasteiger partial charge in [-0.3, -0.25) is 4.79 Å². The lowest BCUT2D eigenvalue weighted by molar-refractivity contribution is -0.137. The van der Waals surface area contributed by atoms with E-state index in [1.807, 2.05) is 30.3 Å². The van der Waals surface area contributed by atoms with Crippen molar-refractivity contribution in [3.63, 3.8) is 0 Å². The first-order valence-corrected chi connectivity index (χ1v) is 8.59. The van der Waals surface area contributed by atoms with Crippen LogP contribution in [-0.2, 0) is 17.4 Å². The molecular weight excluding hydrogens is 363 g/mol. The zero-order chi connectivity index (χ0) is 18.6. The summed E-state index contributed by atoms with van der Waals surface area (Å²) in [6.07, 6.45) is -2.67. The molecule has 134 valence electrons. The van der Waals surface area contributed by atoms with E-state index in [0.29, 0.717) is 10.7 Å². The van der Waals surface area contributed by atoms with Gasteiger partial charge in [-0.1, -0.05) is 60.3 Å². The largest absolute Gasteiger partial charge is 0.416 e. The number of carbonyl (C=O) groups excluding carboxylic acids is 1. The summed E-state index contributed by atoms with van der Waals surface area (Å²) in [5.41, 5.74) is 0.591. The van der Waals surface area contributed by atoms with Crippen molar-refractivity contribution in [3.05, 3.63) is 71.3 Å². The lowest BCUT2D eigenvalue weighted by Gasteiger charge is -2.10. The van der Waals surface area contributed by atoms with Gasteiger partial charge in [0.25, 0.3) is 0 Å². The van der Waals surface area contributed by atoms with Gasteiger partial charge >= 0.3 is 6.18 Å². The number of nitrogens with zero attached hydrogens (tertiary/aromatic N) is 2. The van der Waals surface area contributed by atoms with Crippen molar-refractivity contribution in [1.29, 1.82) is 0 Å². The highest BCUT2D eigenvalue weighted by molar-refractivity contribution is 8.15. The second kappa shape index (κ2) is 7.74. The van der Waals surface area contributed by atoms with Crippen molar-refractivity contribution in [2.75, 3.05) is 0 Å². The first-order chi connectivity index (χ1) is 12.4. The molecule has 1 fully saturated rings. The standard InChI is InChI=1S/C18H14F3N3OS/c19-18(20,21)14-8-4-7-13(9-14)10-15-16(25)23-17(26-15)24-22-11-12-5-2-1-3-6-12/h1-9,11,15H,10H2,(H,23,24,25). The molecule has 1 atom stereocenters. The van der Waals surface area contributed by atoms with Gasteiger partial charge in [0.05, 0.1) is 17.0 Å². The third-order valence-corrected chi connectivity index (χ3v) is 4.68. The highest BCUT2D eigenvalue weighted by Crippen LogP contribution is 2.31. The number of amidine groups is 1. The van der Waals surface area contributed by atoms with E-state index in [1.165, 1.54) is 6.07 Å². The number of thioether (sulfide) groups is 1. The first kappa shape index (κ1) is 18.2. The fourth-order valence-corrected chi connectivity index (χ4v) is 3.33. The third kappa shape index (κ3) is 4.72. The molecule has 1 saturated heterocycles. The van der Waals surface area contributed by atoms with Crippen LogP contribution in [0.1, 0.15) is 16.7 Å². The maximum Gasteiger partial charge on any atom is 0.416 e. The lowest BCUT2D eigenvalue weighted by Crippen LogP contribution is -2.26. The molecule has 0 radical (unpaired) electrons. The van der Waals surface area contributed by atoms with Crippen LogP contribution in [0.4, 0.5) is 13.2 Å². The topological polar surface area (TPSA) is 53.8 Å². The molecule has 0 saturated carbocycles. The van der Waals surface area contributed by atoms with Crippen molar-refractivity contribution in [1.82, 2.24) is 5.32 Å². The number of alkyl halides is 3. The Morgan fingerprint density at radius 2 is 1.88 bits per heavy atom. The molecule has 26 heavy (non-hydrogen) atoms. The predicted octanol–water partition coefficient (Wildman–Crippen LogP) is 3.87. The Labute approximate surface area is 152 Å². The van der Waals surface area contributed by atoms with Crippen LogP contribution < -0.4 is 5.32 Å². The van der Waals surface area contributed by atoms with Gasteiger partial charge in [0.2, 0.25) is 5.91 Å². The Kier molecular flexibility index (Phi) is 5.41. The number of hydrogen-bond acceptors (Lipinski definition) is 4. The molecule has 0 aromatic heterocycles. The monoisotopic (exact) mass is 377 g/mol. The van der Waals surface area contributed by atoms with Crippen LogP contribution in [0.3, 0.4) is 0 Å². The number of rotatable bonds is 4. The first-order valence-electron chi connectivity index (χ1n) is 7.71. The normalized spacial score (nSPS) is 19.3. The van der Waals surface area contributed by atoms with Crippen LogP contribution in [0.15, 0.2) is 64.8 Å². The van der Waals surface area contributed by atoms with Gasteiger partial charge in [0.1, 0.15) is 0 Å². The molecule has 1 aliphatic rings. The zero-order valence-corrected chi connectivity index (χ0v) is 14.2. The molecule has 3 rings (SSSR count). The summed E-state index contributed by atoms with van der Waals surface area (Å²) >= 11 is 1.16. The third-order valence-electron chi connectivity index (χ3n) is 3.61. The highest BCUT2D eigenvalue weighted by Gasteiger charge is 2.33. The summed E-state index contributed by atoms with van der Waals surface area (Å²) in [5.74, 6) is -0.291. The van der Waals surface area contributed by atoms with E-state index in [2.05, 4.69) is 15.5 Å². The van der Waals surface area contributed by atoms with Gasteiger partial charge in [-0.05, 0) is 23.6 Å². The minimum Gasteiger partial charge on any atom is -0.303 e. The summed E-state index contributed by atoms with van der Waals surface area (Å²) in [6.45, 7) is 0. The van der Waals surface area contributed by atoms with Crippen molar-refractivity contribution >= 4 is 29.1 Å². The fraction of sp³-hybridized carbons (Fsp3) is 0.167. The molecule has 1 unspecified atom stereocenters. The van der Waals surface area contributed by atoms with Crippen LogP contribution in [0.2, 0.25) is 0 Å². The summed E-state index contributed by atoms with van der Waals surface area (Å²) < 4.78 is 38.3. The molecule has 1 heterocycles. The molecule has 1 amide bonds. The van der Waals surface area contributed by atoms with E-state index >= 15 is 0 Å². The quantitative estimate of drug-likeness (QED) is 0.650. The number of hydrogen-bond donors (Lipinski definition) is 1. The molecule has 2 aromatic rings. The Hall–Kier alpha value is -2.61. The van der Waals surface area contributed by atoms with Crippen molar-refractivity contribution in [3.8, 4) is 0 Å². The van der Waals surface area contributed by atoms with E-state index in [4.69, 9.17) is 0 Å². The average molecular weight is 377 g/mol. The molecule has 2 aromatic carbocycles. The summed E-state index contributed by atoms with van der Waals surface area (Å²) in [5, 5.41) is 10.3. The number of carbonyl (C=O) groups is 1. The van der Waals surface area contributed by atoms with Crippen molar-refractivity contribution in [2.45, 2.75) is 17.8 Å². The minimum absolute atomic E-state index is 0.182. The molecule has 0 spiro atoms. The average Bonchev–Trinajstić information content (AvgIpc) is 2.95. The molecule has 1 aliphatic heterocycles. The molecule has 0 bridgehead atoms. The summed E-state index contributed by atoms with van der Waals surface area (Å²) in [7, 11) is 0. The van der Waals surface area contributed by atoms with E-state index in [1.54, 1.807) is 12.3 Å². The lowest BCUT2D eigenvalue weighted by atomic mass is 10.1. The Morgan fingerprint density at radius 3 is 2.62 bits per heavy atom. The smallest absolute Gasteiger partial charge is 0.303 e. The van der Waals surface area contributed by atoms with Gasteiger partial charge < -0.3 is 5.32 Å². The van der Waals surface area contributed by atoms with Gasteiger partial charge in [0.15, 0.2) is 5.17 Å². The number of halogens is 3. The molecule has 4 nitrogen and oxygen atoms in total. The highest BCUT2D eigenvalue weighted by atomic mass is 32.2. The number of nitrogens with one attached hydrogen (secondary N) is 1. The van der Waals surface area contributed by atoms with Gasteiger partial charge in [0, 0.05) is 0 Å². The predicted molar refractivity (Wildman–Crippen MR) is 96.1 cm³/mol. The fourth-order valence-electron chi connectivity index (χ4n) is 2.36. The van der Waals surface area contributed by atoms with Crippen LogP contribution in [-0.4, -0.2) is 22.5 Å². The Bertz CT molecular complexity index is 850. The molecular formula is C18H14F3N3OS. The Morgan fingerprint density at radius 1 is 1.12 bits per heavy atom. The maximum atomic E-state index is 12.8. The van der Waals surface area contributed by atoms with Crippen LogP contribution in [0.5, 0.6) is 0 Å². The summed E-state index contributed by atoms with van der Waals surface area (Å²) in [4.78, 5) is 12.0. The van der Waals surface area contributed by atoms with Crippen LogP contribution >= 0.6 is 11.8 Å². The van der Waals surface area contributed by atoms with E-state index in [9.17, 15) is 18.0 Å². The van der Waals surface area contributed by atoms with Crippen molar-refractivity contribution in [2.24, 2.45) is 10.2 Å². The molecule has 8 heteroatoms.